The second-order valence-electron chi connectivity index (χ2n) is 10.9. The zero-order valence-electron chi connectivity index (χ0n) is 25.9. The molecule has 0 aliphatic carbocycles. The molecule has 1 atom stereocenters. The summed E-state index contributed by atoms with van der Waals surface area (Å²) in [5.74, 6) is -1.75. The minimum absolute atomic E-state index is 0.00230. The number of thioether (sulfide) groups is 1. The molecule has 3 N–H and O–H groups in total. The van der Waals surface area contributed by atoms with Gasteiger partial charge in [0.2, 0.25) is 5.91 Å². The second kappa shape index (κ2) is 15.7. The molecule has 1 unspecified atom stereocenters. The molecule has 3 amide bonds. The van der Waals surface area contributed by atoms with Crippen molar-refractivity contribution in [3.8, 4) is 0 Å². The molecule has 0 saturated heterocycles. The van der Waals surface area contributed by atoms with Crippen LogP contribution in [0.1, 0.15) is 37.9 Å². The Labute approximate surface area is 290 Å². The number of carbonyl (C=O) groups excluding carboxylic acids is 3. The Morgan fingerprint density at radius 1 is 0.776 bits per heavy atom. The van der Waals surface area contributed by atoms with E-state index in [9.17, 15) is 27.6 Å². The van der Waals surface area contributed by atoms with Gasteiger partial charge >= 0.3 is 6.18 Å². The summed E-state index contributed by atoms with van der Waals surface area (Å²) in [6.07, 6.45) is -3.17. The Balaban J connectivity index is 1.40. The standard InChI is InChI=1S/C38H29ClF3N3O3S/c1-24-10-8-11-25(20-24)21-33(45-35(46)27-14-6-3-7-15-27)36(47)43-29-16-9-17-30(23-29)49-34(26-12-4-2-5-13-26)37(48)44-32-19-18-28(39)22-31(32)38(40,41)42/h2-23,34H,1H3,(H,43,47)(H,44,48)(H,45,46)/b33-21+. The predicted molar refractivity (Wildman–Crippen MR) is 188 cm³/mol. The molecular formula is C38H29ClF3N3O3S. The Morgan fingerprint density at radius 3 is 2.16 bits per heavy atom. The van der Waals surface area contributed by atoms with Gasteiger partial charge < -0.3 is 16.0 Å². The molecule has 248 valence electrons. The van der Waals surface area contributed by atoms with Crippen LogP contribution in [-0.2, 0) is 15.8 Å². The van der Waals surface area contributed by atoms with E-state index < -0.39 is 40.4 Å². The SMILES string of the molecule is Cc1cccc(/C=C(/NC(=O)c2ccccc2)C(=O)Nc2cccc(SC(C(=O)Nc3ccc(Cl)cc3C(F)(F)F)c3ccccc3)c2)c1. The van der Waals surface area contributed by atoms with E-state index in [2.05, 4.69) is 16.0 Å². The summed E-state index contributed by atoms with van der Waals surface area (Å²) in [4.78, 5) is 40.8. The van der Waals surface area contributed by atoms with Crippen molar-refractivity contribution >= 4 is 58.5 Å². The highest BCUT2D eigenvalue weighted by molar-refractivity contribution is 8.00. The molecule has 0 bridgehead atoms. The largest absolute Gasteiger partial charge is 0.418 e. The minimum Gasteiger partial charge on any atom is -0.324 e. The average molecular weight is 700 g/mol. The highest BCUT2D eigenvalue weighted by Crippen LogP contribution is 2.40. The van der Waals surface area contributed by atoms with Gasteiger partial charge in [0.15, 0.2) is 0 Å². The first-order chi connectivity index (χ1) is 23.5. The monoisotopic (exact) mass is 699 g/mol. The van der Waals surface area contributed by atoms with Crippen molar-refractivity contribution in [2.75, 3.05) is 10.6 Å². The van der Waals surface area contributed by atoms with Gasteiger partial charge in [0.1, 0.15) is 10.9 Å². The fourth-order valence-corrected chi connectivity index (χ4v) is 6.07. The number of carbonyl (C=O) groups is 3. The van der Waals surface area contributed by atoms with E-state index in [0.717, 1.165) is 29.5 Å². The summed E-state index contributed by atoms with van der Waals surface area (Å²) >= 11 is 6.92. The maximum absolute atomic E-state index is 13.8. The van der Waals surface area contributed by atoms with Crippen LogP contribution in [0.3, 0.4) is 0 Å². The molecule has 0 aliphatic heterocycles. The maximum atomic E-state index is 13.8. The van der Waals surface area contributed by atoms with Crippen molar-refractivity contribution in [1.82, 2.24) is 5.32 Å². The van der Waals surface area contributed by atoms with Gasteiger partial charge in [-0.15, -0.1) is 11.8 Å². The van der Waals surface area contributed by atoms with E-state index in [0.29, 0.717) is 27.3 Å². The predicted octanol–water partition coefficient (Wildman–Crippen LogP) is 9.55. The zero-order valence-corrected chi connectivity index (χ0v) is 27.5. The van der Waals surface area contributed by atoms with Crippen LogP contribution in [0.25, 0.3) is 6.08 Å². The van der Waals surface area contributed by atoms with Crippen LogP contribution in [-0.4, -0.2) is 17.7 Å². The van der Waals surface area contributed by atoms with Crippen molar-refractivity contribution in [3.63, 3.8) is 0 Å². The third kappa shape index (κ3) is 9.62. The fraction of sp³-hybridized carbons (Fsp3) is 0.0789. The normalized spacial score (nSPS) is 12.1. The topological polar surface area (TPSA) is 87.3 Å². The third-order valence-corrected chi connectivity index (χ3v) is 8.60. The lowest BCUT2D eigenvalue weighted by molar-refractivity contribution is -0.137. The maximum Gasteiger partial charge on any atom is 0.418 e. The van der Waals surface area contributed by atoms with Crippen molar-refractivity contribution in [2.45, 2.75) is 23.2 Å². The molecule has 5 aromatic rings. The third-order valence-electron chi connectivity index (χ3n) is 7.11. The number of aryl methyl sites for hydroxylation is 1. The lowest BCUT2D eigenvalue weighted by atomic mass is 10.1. The van der Waals surface area contributed by atoms with Crippen LogP contribution >= 0.6 is 23.4 Å². The van der Waals surface area contributed by atoms with E-state index in [4.69, 9.17) is 11.6 Å². The van der Waals surface area contributed by atoms with E-state index in [1.54, 1.807) is 91.0 Å². The first-order valence-electron chi connectivity index (χ1n) is 14.9. The summed E-state index contributed by atoms with van der Waals surface area (Å²) in [7, 11) is 0. The second-order valence-corrected chi connectivity index (χ2v) is 12.5. The van der Waals surface area contributed by atoms with E-state index in [-0.39, 0.29) is 10.7 Å². The quantitative estimate of drug-likeness (QED) is 0.100. The number of anilines is 2. The van der Waals surface area contributed by atoms with Gasteiger partial charge in [-0.1, -0.05) is 96.0 Å². The first kappa shape index (κ1) is 35.0. The average Bonchev–Trinajstić information content (AvgIpc) is 3.08. The summed E-state index contributed by atoms with van der Waals surface area (Å²) in [5, 5.41) is 6.87. The number of alkyl halides is 3. The van der Waals surface area contributed by atoms with E-state index >= 15 is 0 Å². The lowest BCUT2D eigenvalue weighted by Crippen LogP contribution is -2.30. The zero-order chi connectivity index (χ0) is 35.0. The molecule has 49 heavy (non-hydrogen) atoms. The van der Waals surface area contributed by atoms with Gasteiger partial charge in [-0.3, -0.25) is 14.4 Å². The van der Waals surface area contributed by atoms with E-state index in [1.165, 1.54) is 6.07 Å². The van der Waals surface area contributed by atoms with Gasteiger partial charge in [0.05, 0.1) is 11.3 Å². The lowest BCUT2D eigenvalue weighted by Gasteiger charge is -2.20. The molecule has 5 aromatic carbocycles. The van der Waals surface area contributed by atoms with Crippen molar-refractivity contribution < 1.29 is 27.6 Å². The van der Waals surface area contributed by atoms with Crippen molar-refractivity contribution in [2.24, 2.45) is 0 Å². The number of amides is 3. The molecule has 0 radical (unpaired) electrons. The highest BCUT2D eigenvalue weighted by Gasteiger charge is 2.35. The molecule has 0 aliphatic rings. The molecule has 0 aromatic heterocycles. The van der Waals surface area contributed by atoms with Gasteiger partial charge in [0, 0.05) is 21.2 Å². The molecule has 6 nitrogen and oxygen atoms in total. The summed E-state index contributed by atoms with van der Waals surface area (Å²) in [6, 6.07) is 34.3. The Bertz CT molecular complexity index is 2000. The number of nitrogens with one attached hydrogen (secondary N) is 3. The number of halogens is 4. The fourth-order valence-electron chi connectivity index (χ4n) is 4.81. The number of hydrogen-bond donors (Lipinski definition) is 3. The number of benzene rings is 5. The van der Waals surface area contributed by atoms with E-state index in [1.807, 2.05) is 31.2 Å². The molecule has 0 heterocycles. The van der Waals surface area contributed by atoms with Crippen LogP contribution < -0.4 is 16.0 Å². The smallest absolute Gasteiger partial charge is 0.324 e. The van der Waals surface area contributed by atoms with Crippen LogP contribution in [0, 0.1) is 6.92 Å². The molecule has 0 fully saturated rings. The first-order valence-corrected chi connectivity index (χ1v) is 16.2. The van der Waals surface area contributed by atoms with Gasteiger partial charge in [-0.25, -0.2) is 0 Å². The van der Waals surface area contributed by atoms with Gasteiger partial charge in [0.25, 0.3) is 11.8 Å². The molecule has 0 spiro atoms. The Morgan fingerprint density at radius 2 is 1.47 bits per heavy atom. The van der Waals surface area contributed by atoms with Crippen LogP contribution in [0.2, 0.25) is 5.02 Å². The Hall–Kier alpha value is -5.32. The highest BCUT2D eigenvalue weighted by atomic mass is 35.5. The number of hydrogen-bond acceptors (Lipinski definition) is 4. The summed E-state index contributed by atoms with van der Waals surface area (Å²) in [5.41, 5.74) is 1.47. The molecular weight excluding hydrogens is 671 g/mol. The van der Waals surface area contributed by atoms with Crippen LogP contribution in [0.15, 0.2) is 138 Å². The van der Waals surface area contributed by atoms with Gasteiger partial charge in [-0.05, 0) is 72.7 Å². The minimum atomic E-state index is -4.75. The van der Waals surface area contributed by atoms with Crippen molar-refractivity contribution in [1.29, 1.82) is 0 Å². The van der Waals surface area contributed by atoms with Crippen LogP contribution in [0.5, 0.6) is 0 Å². The molecule has 0 saturated carbocycles. The number of rotatable bonds is 10. The molecule has 11 heteroatoms. The summed E-state index contributed by atoms with van der Waals surface area (Å²) in [6.45, 7) is 1.91. The molecule has 5 rings (SSSR count). The van der Waals surface area contributed by atoms with Crippen molar-refractivity contribution in [3.05, 3.63) is 166 Å². The summed E-state index contributed by atoms with van der Waals surface area (Å²) < 4.78 is 41.3. The van der Waals surface area contributed by atoms with Gasteiger partial charge in [-0.2, -0.15) is 13.2 Å². The van der Waals surface area contributed by atoms with Crippen LogP contribution in [0.4, 0.5) is 24.5 Å². The Kier molecular flexibility index (Phi) is 11.2.